The Morgan fingerprint density at radius 1 is 0.567 bits per heavy atom. The van der Waals surface area contributed by atoms with E-state index < -0.39 is 36.5 Å². The van der Waals surface area contributed by atoms with Gasteiger partial charge in [0.15, 0.2) is 0 Å². The monoisotopic (exact) mass is 458 g/mol. The van der Waals surface area contributed by atoms with Crippen molar-refractivity contribution < 1.29 is 38.1 Å². The van der Waals surface area contributed by atoms with Crippen LogP contribution in [0.3, 0.4) is 0 Å². The molecule has 0 heterocycles. The van der Waals surface area contributed by atoms with E-state index in [0.717, 1.165) is 21.6 Å². The van der Waals surface area contributed by atoms with Gasteiger partial charge in [0.2, 0.25) is 0 Å². The molecule has 30 heavy (non-hydrogen) atoms. The number of hydrogen-bond acceptors (Lipinski definition) is 10. The highest BCUT2D eigenvalue weighted by molar-refractivity contribution is 8.76. The summed E-state index contributed by atoms with van der Waals surface area (Å²) in [7, 11) is 2.29. The van der Waals surface area contributed by atoms with E-state index in [-0.39, 0.29) is 33.8 Å². The highest BCUT2D eigenvalue weighted by atomic mass is 33.1. The molecule has 0 rings (SSSR count). The third-order valence-electron chi connectivity index (χ3n) is 2.84. The van der Waals surface area contributed by atoms with Crippen LogP contribution in [0.15, 0.2) is 48.6 Å². The van der Waals surface area contributed by atoms with Crippen molar-refractivity contribution >= 4 is 45.5 Å². The van der Waals surface area contributed by atoms with Gasteiger partial charge in [-0.1, -0.05) is 47.9 Å². The highest BCUT2D eigenvalue weighted by Crippen LogP contribution is 2.26. The third-order valence-corrected chi connectivity index (χ3v) is 5.14. The van der Waals surface area contributed by atoms with E-state index in [2.05, 4.69) is 26.3 Å². The summed E-state index contributed by atoms with van der Waals surface area (Å²) in [6, 6.07) is 0. The fraction of sp³-hybridized carbons (Fsp3) is 0.400. The maximum absolute atomic E-state index is 11.7. The third kappa shape index (κ3) is 11.5. The predicted octanol–water partition coefficient (Wildman–Crippen LogP) is 3.50. The SMILES string of the molecule is C=C(C)C(=O)OC(CSSCC(OC(=O)C(=C)C)OC(=O)C(=C)C)OC(=O)C(=C)C. The first kappa shape index (κ1) is 27.5. The Bertz CT molecular complexity index is 623. The van der Waals surface area contributed by atoms with Gasteiger partial charge in [0.05, 0.1) is 11.5 Å². The Balaban J connectivity index is 4.90. The summed E-state index contributed by atoms with van der Waals surface area (Å²) in [5.74, 6) is -2.77. The van der Waals surface area contributed by atoms with Gasteiger partial charge >= 0.3 is 23.9 Å². The summed E-state index contributed by atoms with van der Waals surface area (Å²) >= 11 is 0. The van der Waals surface area contributed by atoms with Crippen LogP contribution in [0.25, 0.3) is 0 Å². The van der Waals surface area contributed by atoms with E-state index in [1.54, 1.807) is 0 Å². The molecule has 0 bridgehead atoms. The fourth-order valence-electron chi connectivity index (χ4n) is 1.27. The average molecular weight is 459 g/mol. The largest absolute Gasteiger partial charge is 0.421 e. The lowest BCUT2D eigenvalue weighted by molar-refractivity contribution is -0.179. The Morgan fingerprint density at radius 2 is 0.767 bits per heavy atom. The molecule has 8 nitrogen and oxygen atoms in total. The molecule has 166 valence electrons. The molecule has 0 radical (unpaired) electrons. The lowest BCUT2D eigenvalue weighted by atomic mass is 10.3. The van der Waals surface area contributed by atoms with E-state index in [9.17, 15) is 19.2 Å². The topological polar surface area (TPSA) is 105 Å². The van der Waals surface area contributed by atoms with Crippen LogP contribution in [0.5, 0.6) is 0 Å². The highest BCUT2D eigenvalue weighted by Gasteiger charge is 2.23. The lowest BCUT2D eigenvalue weighted by Gasteiger charge is -2.20. The molecule has 0 aliphatic carbocycles. The predicted molar refractivity (Wildman–Crippen MR) is 116 cm³/mol. The molecule has 0 aliphatic heterocycles. The zero-order chi connectivity index (χ0) is 23.4. The molecule has 0 amide bonds. The summed E-state index contributed by atoms with van der Waals surface area (Å²) < 4.78 is 20.3. The summed E-state index contributed by atoms with van der Waals surface area (Å²) in [6.07, 6.45) is -2.38. The molecule has 0 aromatic heterocycles. The second-order valence-electron chi connectivity index (χ2n) is 6.17. The summed E-state index contributed by atoms with van der Waals surface area (Å²) in [5.41, 5.74) is 0.565. The number of ether oxygens (including phenoxy) is 4. The van der Waals surface area contributed by atoms with Gasteiger partial charge in [-0.2, -0.15) is 0 Å². The Hall–Kier alpha value is -2.46. The van der Waals surface area contributed by atoms with E-state index in [1.165, 1.54) is 27.7 Å². The van der Waals surface area contributed by atoms with Crippen molar-refractivity contribution in [2.24, 2.45) is 0 Å². The minimum Gasteiger partial charge on any atom is -0.421 e. The van der Waals surface area contributed by atoms with Gasteiger partial charge in [-0.25, -0.2) is 19.2 Å². The molecule has 0 N–H and O–H groups in total. The lowest BCUT2D eigenvalue weighted by Crippen LogP contribution is -2.28. The number of esters is 4. The molecule has 0 aromatic rings. The Morgan fingerprint density at radius 3 is 0.933 bits per heavy atom. The second-order valence-corrected chi connectivity index (χ2v) is 8.72. The molecule has 0 saturated carbocycles. The Kier molecular flexibility index (Phi) is 12.6. The van der Waals surface area contributed by atoms with Gasteiger partial charge in [0.25, 0.3) is 12.6 Å². The molecule has 0 unspecified atom stereocenters. The maximum atomic E-state index is 11.7. The summed E-state index contributed by atoms with van der Waals surface area (Å²) in [4.78, 5) is 46.9. The summed E-state index contributed by atoms with van der Waals surface area (Å²) in [5, 5.41) is 0. The van der Waals surface area contributed by atoms with Crippen molar-refractivity contribution in [3.05, 3.63) is 48.6 Å². The molecule has 0 aromatic carbocycles. The van der Waals surface area contributed by atoms with Crippen molar-refractivity contribution in [2.75, 3.05) is 11.5 Å². The molecule has 0 atom stereocenters. The van der Waals surface area contributed by atoms with E-state index in [0.29, 0.717) is 0 Å². The van der Waals surface area contributed by atoms with Gasteiger partial charge in [-0.3, -0.25) is 0 Å². The number of hydrogen-bond donors (Lipinski definition) is 0. The van der Waals surface area contributed by atoms with E-state index in [1.807, 2.05) is 0 Å². The van der Waals surface area contributed by atoms with Crippen molar-refractivity contribution in [3.63, 3.8) is 0 Å². The molecule has 0 aliphatic rings. The van der Waals surface area contributed by atoms with Gasteiger partial charge < -0.3 is 18.9 Å². The Labute approximate surface area is 184 Å². The molecular formula is C20H26O8S2. The van der Waals surface area contributed by atoms with Crippen LogP contribution in [-0.2, 0) is 38.1 Å². The first-order valence-corrected chi connectivity index (χ1v) is 11.0. The zero-order valence-electron chi connectivity index (χ0n) is 17.5. The van der Waals surface area contributed by atoms with Crippen LogP contribution < -0.4 is 0 Å². The van der Waals surface area contributed by atoms with Crippen LogP contribution in [0.2, 0.25) is 0 Å². The van der Waals surface area contributed by atoms with Crippen LogP contribution in [0.1, 0.15) is 27.7 Å². The molecule has 10 heteroatoms. The minimum atomic E-state index is -1.19. The van der Waals surface area contributed by atoms with Crippen molar-refractivity contribution in [1.29, 1.82) is 0 Å². The van der Waals surface area contributed by atoms with Crippen molar-refractivity contribution in [1.82, 2.24) is 0 Å². The van der Waals surface area contributed by atoms with Crippen LogP contribution in [0.4, 0.5) is 0 Å². The molecule has 0 spiro atoms. The van der Waals surface area contributed by atoms with Gasteiger partial charge in [0.1, 0.15) is 0 Å². The van der Waals surface area contributed by atoms with Crippen LogP contribution >= 0.6 is 21.6 Å². The maximum Gasteiger partial charge on any atom is 0.336 e. The van der Waals surface area contributed by atoms with Gasteiger partial charge in [-0.05, 0) is 27.7 Å². The van der Waals surface area contributed by atoms with Crippen LogP contribution in [-0.4, -0.2) is 48.0 Å². The van der Waals surface area contributed by atoms with Crippen molar-refractivity contribution in [3.8, 4) is 0 Å². The molecular weight excluding hydrogens is 432 g/mol. The zero-order valence-corrected chi connectivity index (χ0v) is 19.1. The minimum absolute atomic E-state index is 0.0539. The standard InChI is InChI=1S/C20H26O8S2/c1-11(2)17(21)25-15(26-18(22)12(3)4)9-29-30-10-16(27-19(23)13(5)6)28-20(24)14(7)8/h15-16H,1,3,5,7,9-10H2,2,4,6,8H3. The second kappa shape index (κ2) is 13.7. The average Bonchev–Trinajstić information content (AvgIpc) is 2.63. The normalized spacial score (nSPS) is 10.2. The van der Waals surface area contributed by atoms with Gasteiger partial charge in [-0.15, -0.1) is 0 Å². The van der Waals surface area contributed by atoms with Crippen molar-refractivity contribution in [2.45, 2.75) is 40.3 Å². The smallest absolute Gasteiger partial charge is 0.336 e. The first-order chi connectivity index (χ1) is 13.8. The molecule has 0 saturated heterocycles. The first-order valence-electron chi connectivity index (χ1n) is 8.55. The van der Waals surface area contributed by atoms with Gasteiger partial charge in [0, 0.05) is 22.3 Å². The quantitative estimate of drug-likeness (QED) is 0.134. The van der Waals surface area contributed by atoms with E-state index in [4.69, 9.17) is 18.9 Å². The molecule has 0 fully saturated rings. The van der Waals surface area contributed by atoms with Crippen LogP contribution in [0, 0.1) is 0 Å². The number of carbonyl (C=O) groups excluding carboxylic acids is 4. The van der Waals surface area contributed by atoms with E-state index >= 15 is 0 Å². The fourth-order valence-corrected chi connectivity index (χ4v) is 3.20. The summed E-state index contributed by atoms with van der Waals surface area (Å²) in [6.45, 7) is 19.7. The number of carbonyl (C=O) groups is 4. The number of rotatable bonds is 13.